The minimum Gasteiger partial charge on any atom is -0.481 e. The van der Waals surface area contributed by atoms with Gasteiger partial charge in [0.05, 0.1) is 27.8 Å². The lowest BCUT2D eigenvalue weighted by atomic mass is 9.84. The van der Waals surface area contributed by atoms with Crippen molar-refractivity contribution in [2.24, 2.45) is 0 Å². The molecule has 1 unspecified atom stereocenters. The highest BCUT2D eigenvalue weighted by Gasteiger charge is 2.33. The first kappa shape index (κ1) is 24.4. The number of fused-ring (bicyclic) bond motifs is 3. The van der Waals surface area contributed by atoms with Crippen LogP contribution in [0.4, 0.5) is 4.39 Å². The minimum atomic E-state index is -3.81. The Morgan fingerprint density at radius 3 is 2.32 bits per heavy atom. The van der Waals surface area contributed by atoms with E-state index >= 15 is 0 Å². The topological polar surface area (TPSA) is 111 Å². The van der Waals surface area contributed by atoms with E-state index in [2.05, 4.69) is 0 Å². The molecular formula is C24H26FNO6S2. The number of carboxylic acids is 1. The minimum absolute atomic E-state index is 0.125. The average molecular weight is 508 g/mol. The van der Waals surface area contributed by atoms with Gasteiger partial charge in [-0.3, -0.25) is 4.79 Å². The van der Waals surface area contributed by atoms with Gasteiger partial charge in [0.2, 0.25) is 0 Å². The predicted octanol–water partition coefficient (Wildman–Crippen LogP) is 4.09. The van der Waals surface area contributed by atoms with E-state index in [1.54, 1.807) is 12.1 Å². The highest BCUT2D eigenvalue weighted by atomic mass is 32.2. The van der Waals surface area contributed by atoms with Gasteiger partial charge in [0, 0.05) is 29.5 Å². The monoisotopic (exact) mass is 507 g/mol. The number of hydrogen-bond donors (Lipinski definition) is 1. The lowest BCUT2D eigenvalue weighted by molar-refractivity contribution is -0.137. The first-order chi connectivity index (χ1) is 15.8. The number of carbonyl (C=O) groups is 1. The molecule has 2 aromatic carbocycles. The Kier molecular flexibility index (Phi) is 6.10. The van der Waals surface area contributed by atoms with Crippen LogP contribution in [0.25, 0.3) is 10.9 Å². The smallest absolute Gasteiger partial charge is 0.304 e. The molecule has 0 radical (unpaired) electrons. The summed E-state index contributed by atoms with van der Waals surface area (Å²) < 4.78 is 65.5. The summed E-state index contributed by atoms with van der Waals surface area (Å²) >= 11 is 0. The molecule has 2 atom stereocenters. The van der Waals surface area contributed by atoms with E-state index in [0.717, 1.165) is 29.7 Å². The maximum Gasteiger partial charge on any atom is 0.304 e. The van der Waals surface area contributed by atoms with Crippen molar-refractivity contribution in [3.05, 3.63) is 59.0 Å². The lowest BCUT2D eigenvalue weighted by Crippen LogP contribution is -2.20. The van der Waals surface area contributed by atoms with Crippen LogP contribution in [-0.2, 0) is 30.9 Å². The van der Waals surface area contributed by atoms with Crippen LogP contribution in [0.1, 0.15) is 55.0 Å². The molecule has 3 aromatic rings. The molecule has 1 aromatic heterocycles. The number of aromatic nitrogens is 1. The van der Waals surface area contributed by atoms with Crippen LogP contribution in [-0.4, -0.2) is 45.0 Å². The van der Waals surface area contributed by atoms with E-state index in [1.807, 2.05) is 11.5 Å². The van der Waals surface area contributed by atoms with Gasteiger partial charge >= 0.3 is 5.97 Å². The third-order valence-electron chi connectivity index (χ3n) is 6.54. The summed E-state index contributed by atoms with van der Waals surface area (Å²) in [6.07, 6.45) is 3.93. The van der Waals surface area contributed by atoms with Gasteiger partial charge in [-0.2, -0.15) is 0 Å². The van der Waals surface area contributed by atoms with Gasteiger partial charge < -0.3 is 9.67 Å². The number of halogens is 1. The zero-order chi connectivity index (χ0) is 25.0. The maximum absolute atomic E-state index is 14.6. The Balaban J connectivity index is 2.05. The summed E-state index contributed by atoms with van der Waals surface area (Å²) in [5, 5.41) is 10.0. The zero-order valence-electron chi connectivity index (χ0n) is 19.1. The van der Waals surface area contributed by atoms with Gasteiger partial charge in [-0.25, -0.2) is 21.2 Å². The summed E-state index contributed by atoms with van der Waals surface area (Å²) in [4.78, 5) is 11.6. The maximum atomic E-state index is 14.6. The summed E-state index contributed by atoms with van der Waals surface area (Å²) in [6, 6.07) is 8.18. The van der Waals surface area contributed by atoms with E-state index in [1.165, 1.54) is 18.2 Å². The number of aliphatic carboxylic acids is 1. The van der Waals surface area contributed by atoms with Crippen LogP contribution in [0.15, 0.2) is 46.2 Å². The van der Waals surface area contributed by atoms with Crippen LogP contribution < -0.4 is 0 Å². The molecule has 0 saturated heterocycles. The van der Waals surface area contributed by atoms with Crippen molar-refractivity contribution in [2.45, 2.75) is 54.4 Å². The van der Waals surface area contributed by atoms with Crippen LogP contribution >= 0.6 is 0 Å². The summed E-state index contributed by atoms with van der Waals surface area (Å²) in [5.41, 5.74) is 2.55. The second-order valence-corrected chi connectivity index (χ2v) is 13.0. The molecule has 7 nitrogen and oxygen atoms in total. The van der Waals surface area contributed by atoms with E-state index in [4.69, 9.17) is 0 Å². The molecule has 0 fully saturated rings. The molecule has 0 bridgehead atoms. The number of rotatable bonds is 6. The number of sulfone groups is 2. The van der Waals surface area contributed by atoms with Crippen LogP contribution in [0.5, 0.6) is 0 Å². The van der Waals surface area contributed by atoms with Gasteiger partial charge in [0.1, 0.15) is 5.82 Å². The second kappa shape index (κ2) is 8.49. The van der Waals surface area contributed by atoms with Gasteiger partial charge in [0.15, 0.2) is 19.7 Å². The number of carboxylic acid groups (broad SMARTS) is 1. The fraction of sp³-hybridized carbons (Fsp3) is 0.375. The summed E-state index contributed by atoms with van der Waals surface area (Å²) in [7, 11) is -7.21. The van der Waals surface area contributed by atoms with Crippen molar-refractivity contribution in [3.63, 3.8) is 0 Å². The van der Waals surface area contributed by atoms with Crippen molar-refractivity contribution in [3.8, 4) is 0 Å². The molecule has 0 amide bonds. The van der Waals surface area contributed by atoms with E-state index in [9.17, 15) is 31.1 Å². The van der Waals surface area contributed by atoms with E-state index in [0.29, 0.717) is 35.9 Å². The van der Waals surface area contributed by atoms with E-state index < -0.39 is 37.5 Å². The Hall–Kier alpha value is -2.72. The van der Waals surface area contributed by atoms with Crippen LogP contribution in [0.2, 0.25) is 0 Å². The van der Waals surface area contributed by atoms with Gasteiger partial charge in [0.25, 0.3) is 0 Å². The Bertz CT molecular complexity index is 1510. The Labute approximate surface area is 198 Å². The zero-order valence-corrected chi connectivity index (χ0v) is 20.7. The Morgan fingerprint density at radius 1 is 1.12 bits per heavy atom. The van der Waals surface area contributed by atoms with Gasteiger partial charge in [-0.1, -0.05) is 12.1 Å². The number of benzene rings is 2. The lowest BCUT2D eigenvalue weighted by Gasteiger charge is -2.28. The van der Waals surface area contributed by atoms with Crippen LogP contribution in [0.3, 0.4) is 0 Å². The molecule has 182 valence electrons. The van der Waals surface area contributed by atoms with Crippen LogP contribution in [0, 0.1) is 5.82 Å². The van der Waals surface area contributed by atoms with Crippen molar-refractivity contribution in [1.29, 1.82) is 0 Å². The standard InChI is InChI=1S/C24H26FNO6S2/c1-14(15-7-9-18(10-8-15)33(2,29)30)26-23-16(11-22(27)28)5-4-6-19(23)20-12-17(25)13-21(24(20)26)34(3,31)32/h7-10,12-14,16H,4-6,11H2,1-3H3,(H,27,28)/t14-,16?/m0/s1. The number of aryl methyl sites for hydroxylation is 1. The third-order valence-corrected chi connectivity index (χ3v) is 8.78. The normalized spacial score (nSPS) is 17.5. The highest BCUT2D eigenvalue weighted by molar-refractivity contribution is 7.91. The molecule has 4 rings (SSSR count). The fourth-order valence-corrected chi connectivity index (χ4v) is 6.58. The number of nitrogens with zero attached hydrogens (tertiary/aromatic N) is 1. The summed E-state index contributed by atoms with van der Waals surface area (Å²) in [5.74, 6) is -1.99. The molecular weight excluding hydrogens is 481 g/mol. The highest BCUT2D eigenvalue weighted by Crippen LogP contribution is 2.44. The Morgan fingerprint density at radius 2 is 1.76 bits per heavy atom. The van der Waals surface area contributed by atoms with E-state index in [-0.39, 0.29) is 22.1 Å². The molecule has 34 heavy (non-hydrogen) atoms. The molecule has 10 heteroatoms. The predicted molar refractivity (Wildman–Crippen MR) is 126 cm³/mol. The molecule has 1 N–H and O–H groups in total. The first-order valence-electron chi connectivity index (χ1n) is 10.9. The van der Waals surface area contributed by atoms with Crippen molar-refractivity contribution < 1.29 is 31.1 Å². The van der Waals surface area contributed by atoms with Gasteiger partial charge in [-0.15, -0.1) is 0 Å². The molecule has 0 aliphatic heterocycles. The summed E-state index contributed by atoms with van der Waals surface area (Å²) in [6.45, 7) is 1.84. The van der Waals surface area contributed by atoms with Crippen molar-refractivity contribution in [2.75, 3.05) is 12.5 Å². The van der Waals surface area contributed by atoms with Gasteiger partial charge in [-0.05, 0) is 61.6 Å². The third kappa shape index (κ3) is 4.36. The molecule has 1 aliphatic rings. The molecule has 0 saturated carbocycles. The largest absolute Gasteiger partial charge is 0.481 e. The molecule has 1 heterocycles. The number of hydrogen-bond acceptors (Lipinski definition) is 5. The average Bonchev–Trinajstić information content (AvgIpc) is 3.06. The van der Waals surface area contributed by atoms with Crippen molar-refractivity contribution in [1.82, 2.24) is 4.57 Å². The van der Waals surface area contributed by atoms with Crippen molar-refractivity contribution >= 4 is 36.5 Å². The quantitative estimate of drug-likeness (QED) is 0.538. The molecule has 1 aliphatic carbocycles. The fourth-order valence-electron chi connectivity index (χ4n) is 5.06. The second-order valence-electron chi connectivity index (χ2n) is 9.01. The molecule has 0 spiro atoms. The SMILES string of the molecule is C[C@@H](c1ccc(S(C)(=O)=O)cc1)n1c2c(c3cc(F)cc(S(C)(=O)=O)c31)CCCC2CC(=O)O. The first-order valence-corrected chi connectivity index (χ1v) is 14.7.